The zero-order valence-electron chi connectivity index (χ0n) is 11.0. The van der Waals surface area contributed by atoms with Crippen LogP contribution in [-0.2, 0) is 4.74 Å². The summed E-state index contributed by atoms with van der Waals surface area (Å²) in [5, 5.41) is 4.21. The highest BCUT2D eigenvalue weighted by Gasteiger charge is 2.30. The van der Waals surface area contributed by atoms with Crippen LogP contribution in [0.5, 0.6) is 0 Å². The average Bonchev–Trinajstić information content (AvgIpc) is 2.38. The lowest BCUT2D eigenvalue weighted by Gasteiger charge is -2.32. The van der Waals surface area contributed by atoms with E-state index in [4.69, 9.17) is 4.74 Å². The minimum Gasteiger partial charge on any atom is -0.466 e. The number of ether oxygens (including phenoxy) is 1. The van der Waals surface area contributed by atoms with Crippen molar-refractivity contribution in [1.82, 2.24) is 5.32 Å². The van der Waals surface area contributed by atoms with Gasteiger partial charge in [-0.2, -0.15) is 0 Å². The van der Waals surface area contributed by atoms with Crippen LogP contribution in [0, 0.1) is 5.41 Å². The Morgan fingerprint density at radius 2 is 1.59 bits per heavy atom. The lowest BCUT2D eigenvalue weighted by atomic mass is 9.77. The van der Waals surface area contributed by atoms with Crippen molar-refractivity contribution in [3.05, 3.63) is 24.4 Å². The molecule has 0 unspecified atom stereocenters. The van der Waals surface area contributed by atoms with Gasteiger partial charge in [0.15, 0.2) is 0 Å². The van der Waals surface area contributed by atoms with Gasteiger partial charge in [0.05, 0.1) is 12.4 Å². The predicted octanol–water partition coefficient (Wildman–Crippen LogP) is 4.46. The number of rotatable bonds is 1. The predicted molar refractivity (Wildman–Crippen MR) is 70.1 cm³/mol. The third-order valence-electron chi connectivity index (χ3n) is 4.09. The molecule has 0 bridgehead atoms. The van der Waals surface area contributed by atoms with E-state index in [9.17, 15) is 0 Å². The summed E-state index contributed by atoms with van der Waals surface area (Å²) in [7, 11) is 0. The Hall–Kier alpha value is -0.920. The molecular weight excluding hydrogens is 210 g/mol. The fraction of sp³-hybridized carbons (Fsp3) is 0.733. The summed E-state index contributed by atoms with van der Waals surface area (Å²) >= 11 is 0. The van der Waals surface area contributed by atoms with E-state index in [1.165, 1.54) is 57.8 Å². The zero-order valence-corrected chi connectivity index (χ0v) is 11.0. The van der Waals surface area contributed by atoms with Gasteiger partial charge >= 0.3 is 0 Å². The second-order valence-corrected chi connectivity index (χ2v) is 5.58. The molecule has 1 heterocycles. The summed E-state index contributed by atoms with van der Waals surface area (Å²) in [5.74, 6) is 1.07. The van der Waals surface area contributed by atoms with Gasteiger partial charge in [0.1, 0.15) is 12.0 Å². The van der Waals surface area contributed by atoms with Crippen molar-refractivity contribution in [3.63, 3.8) is 0 Å². The van der Waals surface area contributed by atoms with Crippen LogP contribution in [0.1, 0.15) is 64.7 Å². The van der Waals surface area contributed by atoms with E-state index < -0.39 is 0 Å². The van der Waals surface area contributed by atoms with Gasteiger partial charge in [0.2, 0.25) is 0 Å². The molecule has 95 valence electrons. The van der Waals surface area contributed by atoms with Crippen molar-refractivity contribution < 1.29 is 4.74 Å². The van der Waals surface area contributed by atoms with Crippen molar-refractivity contribution in [1.29, 1.82) is 0 Å². The fourth-order valence-electron chi connectivity index (χ4n) is 2.86. The lowest BCUT2D eigenvalue weighted by Crippen LogP contribution is -2.23. The highest BCUT2D eigenvalue weighted by Crippen LogP contribution is 2.40. The molecule has 1 radical (unpaired) electrons. The van der Waals surface area contributed by atoms with Gasteiger partial charge in [-0.05, 0) is 12.8 Å². The Morgan fingerprint density at radius 3 is 2.12 bits per heavy atom. The Morgan fingerprint density at radius 1 is 1.00 bits per heavy atom. The normalized spacial score (nSPS) is 25.4. The lowest BCUT2D eigenvalue weighted by molar-refractivity contribution is 0.173. The highest BCUT2D eigenvalue weighted by molar-refractivity contribution is 5.10. The van der Waals surface area contributed by atoms with E-state index in [1.807, 2.05) is 6.20 Å². The molecular formula is C15H24NO. The first-order chi connectivity index (χ1) is 8.31. The third-order valence-corrected chi connectivity index (χ3v) is 4.09. The van der Waals surface area contributed by atoms with E-state index in [1.54, 1.807) is 12.5 Å². The van der Waals surface area contributed by atoms with Crippen molar-refractivity contribution in [2.75, 3.05) is 0 Å². The maximum absolute atomic E-state index is 5.68. The second-order valence-electron chi connectivity index (χ2n) is 5.58. The average molecular weight is 234 g/mol. The largest absolute Gasteiger partial charge is 0.466 e. The SMILES string of the molecule is CC1(C2=C[N]C=CO2)CCCCCCCCC1. The monoisotopic (exact) mass is 234 g/mol. The van der Waals surface area contributed by atoms with E-state index >= 15 is 0 Å². The molecule has 2 nitrogen and oxygen atoms in total. The number of hydrogen-bond donors (Lipinski definition) is 0. The van der Waals surface area contributed by atoms with Crippen molar-refractivity contribution in [2.45, 2.75) is 64.7 Å². The van der Waals surface area contributed by atoms with Crippen LogP contribution in [0.15, 0.2) is 24.4 Å². The fourth-order valence-corrected chi connectivity index (χ4v) is 2.86. The first kappa shape index (κ1) is 12.5. The summed E-state index contributed by atoms with van der Waals surface area (Å²) in [6.07, 6.45) is 17.4. The molecule has 1 fully saturated rings. The van der Waals surface area contributed by atoms with E-state index in [0.29, 0.717) is 0 Å². The molecule has 1 aliphatic heterocycles. The molecule has 0 amide bonds. The van der Waals surface area contributed by atoms with Crippen LogP contribution in [0.25, 0.3) is 0 Å². The molecule has 0 N–H and O–H groups in total. The van der Waals surface area contributed by atoms with Crippen molar-refractivity contribution in [2.24, 2.45) is 5.41 Å². The van der Waals surface area contributed by atoms with Gasteiger partial charge in [0, 0.05) is 5.41 Å². The van der Waals surface area contributed by atoms with Crippen LogP contribution in [-0.4, -0.2) is 0 Å². The molecule has 0 aromatic heterocycles. The second kappa shape index (κ2) is 6.13. The Labute approximate surface area is 105 Å². The van der Waals surface area contributed by atoms with Crippen molar-refractivity contribution >= 4 is 0 Å². The zero-order chi connectivity index (χ0) is 12.0. The maximum Gasteiger partial charge on any atom is 0.127 e. The molecule has 0 saturated heterocycles. The summed E-state index contributed by atoms with van der Waals surface area (Å²) < 4.78 is 5.68. The minimum atomic E-state index is 0.200. The molecule has 1 aliphatic carbocycles. The molecule has 0 aromatic rings. The summed E-state index contributed by atoms with van der Waals surface area (Å²) in [5.41, 5.74) is 0.200. The van der Waals surface area contributed by atoms with Gasteiger partial charge < -0.3 is 4.74 Å². The van der Waals surface area contributed by atoms with Gasteiger partial charge in [-0.15, -0.1) is 0 Å². The maximum atomic E-state index is 5.68. The minimum absolute atomic E-state index is 0.200. The first-order valence-electron chi connectivity index (χ1n) is 7.04. The van der Waals surface area contributed by atoms with E-state index in [-0.39, 0.29) is 5.41 Å². The van der Waals surface area contributed by atoms with Crippen LogP contribution >= 0.6 is 0 Å². The van der Waals surface area contributed by atoms with Gasteiger partial charge in [-0.3, -0.25) is 5.32 Å². The number of allylic oxidation sites excluding steroid dienone is 1. The molecule has 17 heavy (non-hydrogen) atoms. The molecule has 0 spiro atoms. The van der Waals surface area contributed by atoms with Crippen LogP contribution < -0.4 is 5.32 Å². The van der Waals surface area contributed by atoms with Gasteiger partial charge in [-0.25, -0.2) is 0 Å². The van der Waals surface area contributed by atoms with Gasteiger partial charge in [0.25, 0.3) is 0 Å². The summed E-state index contributed by atoms with van der Waals surface area (Å²) in [6, 6.07) is 0. The van der Waals surface area contributed by atoms with Crippen LogP contribution in [0.3, 0.4) is 0 Å². The summed E-state index contributed by atoms with van der Waals surface area (Å²) in [4.78, 5) is 0. The first-order valence-corrected chi connectivity index (χ1v) is 7.04. The molecule has 0 atom stereocenters. The Bertz CT molecular complexity index is 283. The quantitative estimate of drug-likeness (QED) is 0.656. The Kier molecular flexibility index (Phi) is 4.52. The number of hydrogen-bond acceptors (Lipinski definition) is 1. The van der Waals surface area contributed by atoms with Gasteiger partial charge in [-0.1, -0.05) is 51.9 Å². The standard InChI is InChI=1S/C15H24NO/c1-15(14-13-16-11-12-17-14)9-7-5-3-2-4-6-8-10-15/h11-13H,2-10H2,1H3. The molecule has 2 rings (SSSR count). The van der Waals surface area contributed by atoms with Crippen LogP contribution in [0.2, 0.25) is 0 Å². The topological polar surface area (TPSA) is 23.3 Å². The van der Waals surface area contributed by atoms with Crippen LogP contribution in [0.4, 0.5) is 0 Å². The molecule has 0 aromatic carbocycles. The van der Waals surface area contributed by atoms with Crippen molar-refractivity contribution in [3.8, 4) is 0 Å². The molecule has 1 saturated carbocycles. The third kappa shape index (κ3) is 3.52. The highest BCUT2D eigenvalue weighted by atomic mass is 16.5. The number of nitrogens with zero attached hydrogens (tertiary/aromatic N) is 1. The molecule has 2 aliphatic rings. The summed E-state index contributed by atoms with van der Waals surface area (Å²) in [6.45, 7) is 2.34. The van der Waals surface area contributed by atoms with E-state index in [2.05, 4.69) is 12.2 Å². The Balaban J connectivity index is 1.99. The van der Waals surface area contributed by atoms with E-state index in [0.717, 1.165) is 5.76 Å². The molecule has 2 heteroatoms. The smallest absolute Gasteiger partial charge is 0.127 e.